The fourth-order valence-electron chi connectivity index (χ4n) is 5.82. The SMILES string of the molecule is COc1ccc(O)c(C2C3=CCC4C(=O)N(C(N)=O)C(=O)C4C3CC3=C2C(=O)C(C)=CC3=O)c1. The predicted molar refractivity (Wildman–Crippen MR) is 117 cm³/mol. The van der Waals surface area contributed by atoms with Crippen molar-refractivity contribution in [1.29, 1.82) is 0 Å². The van der Waals surface area contributed by atoms with E-state index in [9.17, 15) is 29.1 Å². The summed E-state index contributed by atoms with van der Waals surface area (Å²) in [6.45, 7) is 1.56. The summed E-state index contributed by atoms with van der Waals surface area (Å²) in [5.74, 6) is -4.74. The predicted octanol–water partition coefficient (Wildman–Crippen LogP) is 1.91. The number of fused-ring (bicyclic) bond motifs is 3. The molecule has 0 aromatic heterocycles. The number of nitrogens with two attached hydrogens (primary N) is 1. The van der Waals surface area contributed by atoms with Gasteiger partial charge in [-0.15, -0.1) is 0 Å². The zero-order chi connectivity index (χ0) is 24.5. The van der Waals surface area contributed by atoms with E-state index >= 15 is 0 Å². The van der Waals surface area contributed by atoms with E-state index in [1.165, 1.54) is 19.3 Å². The number of benzene rings is 1. The number of hydrogen-bond acceptors (Lipinski definition) is 7. The Morgan fingerprint density at radius 1 is 1.15 bits per heavy atom. The average Bonchev–Trinajstić information content (AvgIpc) is 3.07. The summed E-state index contributed by atoms with van der Waals surface area (Å²) < 4.78 is 5.32. The first-order chi connectivity index (χ1) is 16.1. The van der Waals surface area contributed by atoms with Crippen LogP contribution in [0.25, 0.3) is 0 Å². The van der Waals surface area contributed by atoms with E-state index in [4.69, 9.17) is 10.5 Å². The summed E-state index contributed by atoms with van der Waals surface area (Å²) in [5, 5.41) is 10.8. The number of phenols is 1. The number of ketones is 2. The zero-order valence-electron chi connectivity index (χ0n) is 18.5. The van der Waals surface area contributed by atoms with Gasteiger partial charge in [0.2, 0.25) is 11.8 Å². The maximum atomic E-state index is 13.3. The molecule has 3 aliphatic carbocycles. The lowest BCUT2D eigenvalue weighted by Gasteiger charge is -2.42. The van der Waals surface area contributed by atoms with Crippen LogP contribution in [0.2, 0.25) is 0 Å². The Hall–Kier alpha value is -4.01. The third-order valence-corrected chi connectivity index (χ3v) is 7.33. The largest absolute Gasteiger partial charge is 0.508 e. The highest BCUT2D eigenvalue weighted by atomic mass is 16.5. The molecular formula is C25H22N2O7. The van der Waals surface area contributed by atoms with E-state index < -0.39 is 41.5 Å². The average molecular weight is 462 g/mol. The number of amides is 4. The molecule has 1 saturated heterocycles. The van der Waals surface area contributed by atoms with E-state index in [1.807, 2.05) is 0 Å². The maximum absolute atomic E-state index is 13.3. The summed E-state index contributed by atoms with van der Waals surface area (Å²) >= 11 is 0. The lowest BCUT2D eigenvalue weighted by Crippen LogP contribution is -2.42. The number of methoxy groups -OCH3 is 1. The molecule has 9 heteroatoms. The molecule has 1 aromatic carbocycles. The molecule has 1 aromatic rings. The van der Waals surface area contributed by atoms with Crippen molar-refractivity contribution in [2.45, 2.75) is 25.7 Å². The van der Waals surface area contributed by atoms with Crippen LogP contribution >= 0.6 is 0 Å². The standard InChI is InChI=1S/C25H22N2O7/c1-10-7-18(29)16-9-14-12(4-5-13-20(14)24(32)27(23(13)31)25(26)33)19(21(16)22(10)30)15-8-11(34-2)3-6-17(15)28/h3-4,6-8,13-14,19-20,28H,5,9H2,1-2H3,(H2,26,33). The first-order valence-electron chi connectivity index (χ1n) is 10.9. The second kappa shape index (κ2) is 7.51. The van der Waals surface area contributed by atoms with Gasteiger partial charge in [-0.1, -0.05) is 11.6 Å². The molecule has 4 unspecified atom stereocenters. The fraction of sp³-hybridized carbons (Fsp3) is 0.320. The van der Waals surface area contributed by atoms with Crippen molar-refractivity contribution in [3.05, 3.63) is 58.2 Å². The topological polar surface area (TPSA) is 144 Å². The van der Waals surface area contributed by atoms with Gasteiger partial charge in [0, 0.05) is 28.2 Å². The monoisotopic (exact) mass is 462 g/mol. The van der Waals surface area contributed by atoms with Crippen molar-refractivity contribution in [3.8, 4) is 11.5 Å². The molecule has 0 bridgehead atoms. The lowest BCUT2D eigenvalue weighted by atomic mass is 9.59. The molecule has 174 valence electrons. The number of primary amides is 1. The number of ether oxygens (including phenoxy) is 1. The van der Waals surface area contributed by atoms with Crippen molar-refractivity contribution in [2.24, 2.45) is 23.5 Å². The number of hydrogen-bond donors (Lipinski definition) is 2. The number of carbonyl (C=O) groups is 5. The summed E-state index contributed by atoms with van der Waals surface area (Å²) in [6.07, 6.45) is 3.31. The van der Waals surface area contributed by atoms with Gasteiger partial charge in [-0.05, 0) is 50.0 Å². The number of rotatable bonds is 2. The molecule has 1 fully saturated rings. The Balaban J connectivity index is 1.73. The van der Waals surface area contributed by atoms with Crippen LogP contribution in [0.3, 0.4) is 0 Å². The minimum absolute atomic E-state index is 0.0730. The van der Waals surface area contributed by atoms with Crippen molar-refractivity contribution >= 4 is 29.4 Å². The van der Waals surface area contributed by atoms with Gasteiger partial charge in [0.1, 0.15) is 11.5 Å². The summed E-state index contributed by atoms with van der Waals surface area (Å²) in [4.78, 5) is 64.5. The Morgan fingerprint density at radius 3 is 2.56 bits per heavy atom. The number of nitrogens with zero attached hydrogens (tertiary/aromatic N) is 1. The molecule has 1 heterocycles. The normalized spacial score (nSPS) is 28.2. The van der Waals surface area contributed by atoms with Crippen LogP contribution in [0.5, 0.6) is 11.5 Å². The smallest absolute Gasteiger partial charge is 0.328 e. The first-order valence-corrected chi connectivity index (χ1v) is 10.9. The van der Waals surface area contributed by atoms with E-state index in [0.717, 1.165) is 0 Å². The highest BCUT2D eigenvalue weighted by Crippen LogP contribution is 2.56. The van der Waals surface area contributed by atoms with Gasteiger partial charge in [-0.25, -0.2) is 4.79 Å². The van der Waals surface area contributed by atoms with Crippen LogP contribution in [-0.2, 0) is 19.2 Å². The molecule has 1 aliphatic heterocycles. The molecule has 0 radical (unpaired) electrons. The summed E-state index contributed by atoms with van der Waals surface area (Å²) in [6, 6.07) is 3.48. The Morgan fingerprint density at radius 2 is 1.88 bits per heavy atom. The molecule has 0 saturated carbocycles. The van der Waals surface area contributed by atoms with Crippen LogP contribution in [0.4, 0.5) is 4.79 Å². The van der Waals surface area contributed by atoms with Crippen LogP contribution in [-0.4, -0.2) is 46.5 Å². The van der Waals surface area contributed by atoms with Gasteiger partial charge in [0.05, 0.1) is 18.9 Å². The second-order valence-electron chi connectivity index (χ2n) is 9.00. The summed E-state index contributed by atoms with van der Waals surface area (Å²) in [5.41, 5.74) is 7.12. The van der Waals surface area contributed by atoms with E-state index in [-0.39, 0.29) is 46.9 Å². The maximum Gasteiger partial charge on any atom is 0.328 e. The van der Waals surface area contributed by atoms with Gasteiger partial charge >= 0.3 is 6.03 Å². The second-order valence-corrected chi connectivity index (χ2v) is 9.00. The van der Waals surface area contributed by atoms with Crippen molar-refractivity contribution in [3.63, 3.8) is 0 Å². The lowest BCUT2D eigenvalue weighted by molar-refractivity contribution is -0.136. The fourth-order valence-corrected chi connectivity index (χ4v) is 5.82. The molecule has 4 atom stereocenters. The van der Waals surface area contributed by atoms with Gasteiger partial charge in [-0.3, -0.25) is 19.2 Å². The van der Waals surface area contributed by atoms with Crippen molar-refractivity contribution in [2.75, 3.05) is 7.11 Å². The first kappa shape index (κ1) is 21.8. The van der Waals surface area contributed by atoms with Gasteiger partial charge in [-0.2, -0.15) is 4.90 Å². The third kappa shape index (κ3) is 2.89. The minimum Gasteiger partial charge on any atom is -0.508 e. The molecule has 34 heavy (non-hydrogen) atoms. The van der Waals surface area contributed by atoms with Crippen LogP contribution in [0.1, 0.15) is 31.2 Å². The molecular weight excluding hydrogens is 440 g/mol. The van der Waals surface area contributed by atoms with Crippen molar-refractivity contribution < 1.29 is 33.8 Å². The number of Topliss-reactive ketones (excluding diaryl/α,β-unsaturated/α-hetero) is 1. The molecule has 4 amide bonds. The Labute approximate surface area is 194 Å². The summed E-state index contributed by atoms with van der Waals surface area (Å²) in [7, 11) is 1.47. The number of aromatic hydroxyl groups is 1. The minimum atomic E-state index is -1.13. The van der Waals surface area contributed by atoms with Crippen LogP contribution in [0.15, 0.2) is 52.6 Å². The molecule has 3 N–H and O–H groups in total. The third-order valence-electron chi connectivity index (χ3n) is 7.33. The van der Waals surface area contributed by atoms with E-state index in [2.05, 4.69) is 0 Å². The molecule has 4 aliphatic rings. The number of urea groups is 1. The van der Waals surface area contributed by atoms with Crippen LogP contribution in [0, 0.1) is 17.8 Å². The Kier molecular flexibility index (Phi) is 4.82. The number of imide groups is 3. The quantitative estimate of drug-likeness (QED) is 0.388. The van der Waals surface area contributed by atoms with Crippen molar-refractivity contribution in [1.82, 2.24) is 4.90 Å². The van der Waals surface area contributed by atoms with Gasteiger partial charge in [0.25, 0.3) is 0 Å². The zero-order valence-corrected chi connectivity index (χ0v) is 18.5. The number of phenolic OH excluding ortho intramolecular Hbond substituents is 1. The highest BCUT2D eigenvalue weighted by molar-refractivity contribution is 6.24. The molecule has 5 rings (SSSR count). The van der Waals surface area contributed by atoms with Gasteiger partial charge < -0.3 is 15.6 Å². The number of likely N-dealkylation sites (tertiary alicyclic amines) is 1. The highest BCUT2D eigenvalue weighted by Gasteiger charge is 2.57. The van der Waals surface area contributed by atoms with Gasteiger partial charge in [0.15, 0.2) is 11.6 Å². The molecule has 0 spiro atoms. The Bertz CT molecular complexity index is 1300. The van der Waals surface area contributed by atoms with E-state index in [1.54, 1.807) is 25.1 Å². The number of allylic oxidation sites excluding steroid dienone is 6. The van der Waals surface area contributed by atoms with Crippen LogP contribution < -0.4 is 10.5 Å². The number of carbonyl (C=O) groups excluding carboxylic acids is 5. The van der Waals surface area contributed by atoms with E-state index in [0.29, 0.717) is 21.8 Å². The molecule has 9 nitrogen and oxygen atoms in total.